The molecule has 2 heterocycles. The third kappa shape index (κ3) is 5.40. The number of rotatable bonds is 6. The first kappa shape index (κ1) is 31.6. The van der Waals surface area contributed by atoms with Crippen LogP contribution in [0, 0.1) is 0 Å². The van der Waals surface area contributed by atoms with Gasteiger partial charge in [0.1, 0.15) is 11.2 Å². The minimum absolute atomic E-state index is 0.868. The summed E-state index contributed by atoms with van der Waals surface area (Å²) < 4.78 is 9.06. The van der Waals surface area contributed by atoms with E-state index in [9.17, 15) is 0 Å². The van der Waals surface area contributed by atoms with Gasteiger partial charge < -0.3 is 9.32 Å². The molecule has 9 aromatic carbocycles. The minimum Gasteiger partial charge on any atom is -0.456 e. The van der Waals surface area contributed by atoms with Gasteiger partial charge in [0.05, 0.1) is 5.69 Å². The maximum atomic E-state index is 6.45. The van der Waals surface area contributed by atoms with Crippen LogP contribution in [0.4, 0.5) is 17.1 Å². The summed E-state index contributed by atoms with van der Waals surface area (Å²) >= 11 is 1.85. The zero-order valence-electron chi connectivity index (χ0n) is 29.8. The molecule has 0 unspecified atom stereocenters. The zero-order valence-corrected chi connectivity index (χ0v) is 30.6. The Bertz CT molecular complexity index is 3220. The maximum Gasteiger partial charge on any atom is 0.137 e. The summed E-state index contributed by atoms with van der Waals surface area (Å²) in [4.78, 5) is 2.38. The summed E-state index contributed by atoms with van der Waals surface area (Å²) in [7, 11) is 0. The molecule has 0 amide bonds. The molecule has 258 valence electrons. The van der Waals surface area contributed by atoms with Crippen LogP contribution in [0.3, 0.4) is 0 Å². The first-order valence-electron chi connectivity index (χ1n) is 18.7. The highest BCUT2D eigenvalue weighted by molar-refractivity contribution is 7.25. The second kappa shape index (κ2) is 12.9. The zero-order chi connectivity index (χ0) is 36.3. The van der Waals surface area contributed by atoms with Gasteiger partial charge in [-0.05, 0) is 93.2 Å². The van der Waals surface area contributed by atoms with Crippen LogP contribution in [0.1, 0.15) is 0 Å². The van der Waals surface area contributed by atoms with E-state index < -0.39 is 0 Å². The number of fused-ring (bicyclic) bond motifs is 7. The van der Waals surface area contributed by atoms with Crippen LogP contribution in [0.2, 0.25) is 0 Å². The molecule has 55 heavy (non-hydrogen) atoms. The molecule has 0 atom stereocenters. The topological polar surface area (TPSA) is 16.4 Å². The minimum atomic E-state index is 0.868. The van der Waals surface area contributed by atoms with Crippen molar-refractivity contribution in [1.29, 1.82) is 0 Å². The SMILES string of the molecule is c1cc(-c2ccc(-c3cccc4ccccc34)cc2)cc(N(c2ccc3c(c2)oc2ccccc23)c2ccccc2-c2ccc3sc4ccccc4c3c2)c1. The smallest absolute Gasteiger partial charge is 0.137 e. The molecule has 2 nitrogen and oxygen atoms in total. The molecule has 0 saturated heterocycles. The Kier molecular flexibility index (Phi) is 7.39. The first-order valence-corrected chi connectivity index (χ1v) is 19.5. The summed E-state index contributed by atoms with van der Waals surface area (Å²) in [6, 6.07) is 72.3. The van der Waals surface area contributed by atoms with E-state index in [1.165, 1.54) is 53.2 Å². The van der Waals surface area contributed by atoms with Crippen molar-refractivity contribution < 1.29 is 4.42 Å². The maximum absolute atomic E-state index is 6.45. The highest BCUT2D eigenvalue weighted by atomic mass is 32.1. The van der Waals surface area contributed by atoms with Gasteiger partial charge in [0.2, 0.25) is 0 Å². The van der Waals surface area contributed by atoms with E-state index in [1.807, 2.05) is 23.5 Å². The van der Waals surface area contributed by atoms with Gasteiger partial charge >= 0.3 is 0 Å². The molecule has 0 fully saturated rings. The van der Waals surface area contributed by atoms with Gasteiger partial charge in [-0.1, -0.05) is 140 Å². The Morgan fingerprint density at radius 1 is 0.345 bits per heavy atom. The largest absolute Gasteiger partial charge is 0.456 e. The molecule has 0 spiro atoms. The Balaban J connectivity index is 1.06. The van der Waals surface area contributed by atoms with E-state index in [2.05, 4.69) is 193 Å². The van der Waals surface area contributed by atoms with Crippen LogP contribution in [0.25, 0.3) is 86.3 Å². The third-order valence-electron chi connectivity index (χ3n) is 10.9. The molecule has 11 aromatic rings. The monoisotopic (exact) mass is 719 g/mol. The van der Waals surface area contributed by atoms with Crippen molar-refractivity contribution in [2.75, 3.05) is 4.90 Å². The summed E-state index contributed by atoms with van der Waals surface area (Å²) in [5.74, 6) is 0. The van der Waals surface area contributed by atoms with Gasteiger partial charge in [-0.25, -0.2) is 0 Å². The fourth-order valence-electron chi connectivity index (χ4n) is 8.23. The summed E-state index contributed by atoms with van der Waals surface area (Å²) in [6.45, 7) is 0. The third-order valence-corrected chi connectivity index (χ3v) is 12.0. The summed E-state index contributed by atoms with van der Waals surface area (Å²) in [5, 5.41) is 7.34. The number of thiophene rings is 1. The van der Waals surface area contributed by atoms with E-state index in [-0.39, 0.29) is 0 Å². The molecule has 2 aromatic heterocycles. The van der Waals surface area contributed by atoms with Crippen molar-refractivity contribution in [2.24, 2.45) is 0 Å². The molecule has 0 N–H and O–H groups in total. The van der Waals surface area contributed by atoms with Crippen LogP contribution in [-0.2, 0) is 0 Å². The molecule has 0 aliphatic carbocycles. The predicted octanol–water partition coefficient (Wildman–Crippen LogP) is 15.6. The van der Waals surface area contributed by atoms with Crippen LogP contribution in [0.5, 0.6) is 0 Å². The molecule has 11 rings (SSSR count). The lowest BCUT2D eigenvalue weighted by Crippen LogP contribution is -2.11. The first-order chi connectivity index (χ1) is 27.2. The van der Waals surface area contributed by atoms with Crippen LogP contribution in [0.15, 0.2) is 205 Å². The van der Waals surface area contributed by atoms with Gasteiger partial charge in [-0.15, -0.1) is 11.3 Å². The number of anilines is 3. The Labute approximate surface area is 322 Å². The lowest BCUT2D eigenvalue weighted by molar-refractivity contribution is 0.669. The van der Waals surface area contributed by atoms with Crippen LogP contribution >= 0.6 is 11.3 Å². The van der Waals surface area contributed by atoms with Crippen molar-refractivity contribution in [3.63, 3.8) is 0 Å². The van der Waals surface area contributed by atoms with Crippen LogP contribution in [-0.4, -0.2) is 0 Å². The number of hydrogen-bond donors (Lipinski definition) is 0. The van der Waals surface area contributed by atoms with Gasteiger partial charge in [0.25, 0.3) is 0 Å². The van der Waals surface area contributed by atoms with Gasteiger partial charge in [-0.3, -0.25) is 0 Å². The van der Waals surface area contributed by atoms with Crippen molar-refractivity contribution >= 4 is 81.3 Å². The number of nitrogens with zero attached hydrogens (tertiary/aromatic N) is 1. The van der Waals surface area contributed by atoms with Crippen molar-refractivity contribution in [2.45, 2.75) is 0 Å². The molecule has 0 radical (unpaired) electrons. The van der Waals surface area contributed by atoms with Gasteiger partial charge in [0.15, 0.2) is 0 Å². The van der Waals surface area contributed by atoms with Crippen molar-refractivity contribution in [3.05, 3.63) is 200 Å². The molecule has 0 saturated carbocycles. The quantitative estimate of drug-likeness (QED) is 0.170. The average Bonchev–Trinajstić information content (AvgIpc) is 3.82. The second-order valence-corrected chi connectivity index (χ2v) is 15.2. The van der Waals surface area contributed by atoms with Gasteiger partial charge in [-0.2, -0.15) is 0 Å². The number of para-hydroxylation sites is 2. The van der Waals surface area contributed by atoms with E-state index in [4.69, 9.17) is 4.42 Å². The number of hydrogen-bond acceptors (Lipinski definition) is 3. The van der Waals surface area contributed by atoms with E-state index in [1.54, 1.807) is 0 Å². The summed E-state index contributed by atoms with van der Waals surface area (Å²) in [6.07, 6.45) is 0. The molecule has 0 aliphatic heterocycles. The Morgan fingerprint density at radius 2 is 1.00 bits per heavy atom. The second-order valence-electron chi connectivity index (χ2n) is 14.1. The Hall–Kier alpha value is -6.94. The standard InChI is InChI=1S/C52H33NOS/c1-2-15-41-35(11-1)12-10-19-42(41)36-25-23-34(24-26-36)37-13-9-14-39(31-37)53(40-28-29-45-44-17-4-7-21-49(44)54-50(45)33-40)48-20-6-3-16-43(48)38-27-30-52-47(32-38)46-18-5-8-22-51(46)55-52/h1-33H. The average molecular weight is 720 g/mol. The van der Waals surface area contributed by atoms with Gasteiger partial charge in [0, 0.05) is 53.9 Å². The summed E-state index contributed by atoms with van der Waals surface area (Å²) in [5.41, 5.74) is 12.1. The van der Waals surface area contributed by atoms with Crippen molar-refractivity contribution in [1.82, 2.24) is 0 Å². The van der Waals surface area contributed by atoms with E-state index in [0.717, 1.165) is 50.1 Å². The number of benzene rings is 9. The lowest BCUT2D eigenvalue weighted by atomic mass is 9.96. The molecule has 0 aliphatic rings. The van der Waals surface area contributed by atoms with E-state index in [0.29, 0.717) is 0 Å². The fourth-order valence-corrected chi connectivity index (χ4v) is 9.32. The van der Waals surface area contributed by atoms with Crippen molar-refractivity contribution in [3.8, 4) is 33.4 Å². The Morgan fingerprint density at radius 3 is 1.93 bits per heavy atom. The molecular formula is C52H33NOS. The molecular weight excluding hydrogens is 687 g/mol. The van der Waals surface area contributed by atoms with Crippen LogP contribution < -0.4 is 4.90 Å². The lowest BCUT2D eigenvalue weighted by Gasteiger charge is -2.28. The predicted molar refractivity (Wildman–Crippen MR) is 235 cm³/mol. The molecule has 0 bridgehead atoms. The highest BCUT2D eigenvalue weighted by Crippen LogP contribution is 2.45. The number of furan rings is 1. The fraction of sp³-hybridized carbons (Fsp3) is 0. The normalized spacial score (nSPS) is 11.6. The van der Waals surface area contributed by atoms with E-state index >= 15 is 0 Å². The highest BCUT2D eigenvalue weighted by Gasteiger charge is 2.20. The molecule has 3 heteroatoms.